The predicted molar refractivity (Wildman–Crippen MR) is 66.9 cm³/mol. The molecule has 1 aliphatic heterocycles. The number of aliphatic hydroxyl groups is 1. The number of carboxylic acids is 2. The number of rotatable bonds is 5. The summed E-state index contributed by atoms with van der Waals surface area (Å²) >= 11 is 0. The normalized spacial score (nSPS) is 21.5. The van der Waals surface area contributed by atoms with Crippen LogP contribution in [-0.4, -0.2) is 61.8 Å². The molecule has 0 aromatic carbocycles. The third-order valence-corrected chi connectivity index (χ3v) is 3.03. The van der Waals surface area contributed by atoms with Gasteiger partial charge in [-0.25, -0.2) is 9.65 Å². The second-order valence-electron chi connectivity index (χ2n) is 4.22. The van der Waals surface area contributed by atoms with E-state index in [2.05, 4.69) is 5.32 Å². The lowest BCUT2D eigenvalue weighted by Crippen LogP contribution is -2.42. The number of aliphatic carboxylic acids is 2. The molecule has 1 saturated heterocycles. The first-order valence-electron chi connectivity index (χ1n) is 5.75. The number of hydrogen-bond donors (Lipinski definition) is 7. The summed E-state index contributed by atoms with van der Waals surface area (Å²) in [6.07, 6.45) is 0.405. The molecule has 20 heavy (non-hydrogen) atoms. The second-order valence-corrected chi connectivity index (χ2v) is 5.56. The van der Waals surface area contributed by atoms with E-state index < -0.39 is 31.8 Å². The second kappa shape index (κ2) is 8.30. The number of nitrogens with one attached hydrogen (secondary N) is 2. The van der Waals surface area contributed by atoms with Crippen LogP contribution in [0.5, 0.6) is 0 Å². The topological polar surface area (TPSA) is 176 Å². The zero-order valence-electron chi connectivity index (χ0n) is 10.8. The van der Waals surface area contributed by atoms with E-state index in [4.69, 9.17) is 25.1 Å². The van der Waals surface area contributed by atoms with Crippen LogP contribution in [0.4, 0.5) is 0 Å². The SMILES string of the molecule is C[C@@H](O)[C@H](NP(=O)(O)O)C(=O)O.O=C(O)[C@@H]1CCCN1. The molecule has 0 aliphatic carbocycles. The summed E-state index contributed by atoms with van der Waals surface area (Å²) in [6.45, 7) is 1.97. The molecule has 1 heterocycles. The predicted octanol–water partition coefficient (Wildman–Crippen LogP) is -1.67. The van der Waals surface area contributed by atoms with Crippen LogP contribution in [0.25, 0.3) is 0 Å². The molecule has 0 saturated carbocycles. The Kier molecular flexibility index (Phi) is 7.87. The van der Waals surface area contributed by atoms with Crippen molar-refractivity contribution in [2.75, 3.05) is 6.54 Å². The minimum absolute atomic E-state index is 0.269. The molecule has 0 aromatic heterocycles. The average Bonchev–Trinajstić information content (AvgIpc) is 2.78. The van der Waals surface area contributed by atoms with Gasteiger partial charge in [0.15, 0.2) is 0 Å². The molecule has 118 valence electrons. The minimum atomic E-state index is -4.62. The smallest absolute Gasteiger partial charge is 0.401 e. The Morgan fingerprint density at radius 3 is 2.05 bits per heavy atom. The van der Waals surface area contributed by atoms with Crippen LogP contribution in [0.1, 0.15) is 19.8 Å². The van der Waals surface area contributed by atoms with Crippen molar-refractivity contribution < 1.29 is 39.3 Å². The summed E-state index contributed by atoms with van der Waals surface area (Å²) in [5.74, 6) is -2.24. The fraction of sp³-hybridized carbons (Fsp3) is 0.778. The van der Waals surface area contributed by atoms with Gasteiger partial charge in [0.05, 0.1) is 6.10 Å². The lowest BCUT2D eigenvalue weighted by Gasteiger charge is -2.17. The first-order chi connectivity index (χ1) is 9.04. The van der Waals surface area contributed by atoms with Gasteiger partial charge >= 0.3 is 19.7 Å². The molecule has 0 spiro atoms. The van der Waals surface area contributed by atoms with Crippen LogP contribution >= 0.6 is 7.75 Å². The van der Waals surface area contributed by atoms with Crippen LogP contribution < -0.4 is 10.4 Å². The summed E-state index contributed by atoms with van der Waals surface area (Å²) in [5, 5.41) is 29.8. The minimum Gasteiger partial charge on any atom is -0.480 e. The average molecular weight is 314 g/mol. The highest BCUT2D eigenvalue weighted by Crippen LogP contribution is 2.29. The van der Waals surface area contributed by atoms with E-state index >= 15 is 0 Å². The van der Waals surface area contributed by atoms with Crippen molar-refractivity contribution in [2.45, 2.75) is 38.0 Å². The van der Waals surface area contributed by atoms with Gasteiger partial charge in [0.2, 0.25) is 0 Å². The Bertz CT molecular complexity index is 376. The van der Waals surface area contributed by atoms with Crippen molar-refractivity contribution in [1.82, 2.24) is 10.4 Å². The summed E-state index contributed by atoms with van der Waals surface area (Å²) in [6, 6.07) is -1.93. The first kappa shape index (κ1) is 19.0. The molecule has 1 fully saturated rings. The maximum absolute atomic E-state index is 10.3. The lowest BCUT2D eigenvalue weighted by molar-refractivity contribution is -0.142. The molecule has 1 rings (SSSR count). The third-order valence-electron chi connectivity index (χ3n) is 2.41. The number of carbonyl (C=O) groups is 2. The molecule has 10 nitrogen and oxygen atoms in total. The quantitative estimate of drug-likeness (QED) is 0.290. The zero-order valence-corrected chi connectivity index (χ0v) is 11.7. The van der Waals surface area contributed by atoms with Gasteiger partial charge in [-0.05, 0) is 26.3 Å². The van der Waals surface area contributed by atoms with Crippen molar-refractivity contribution in [3.63, 3.8) is 0 Å². The molecule has 11 heteroatoms. The Labute approximate surface area is 115 Å². The van der Waals surface area contributed by atoms with Crippen LogP contribution in [0.3, 0.4) is 0 Å². The van der Waals surface area contributed by atoms with Crippen molar-refractivity contribution >= 4 is 19.7 Å². The fourth-order valence-electron chi connectivity index (χ4n) is 1.45. The maximum atomic E-state index is 10.3. The molecule has 1 aliphatic rings. The van der Waals surface area contributed by atoms with E-state index in [9.17, 15) is 14.2 Å². The molecule has 0 bridgehead atoms. The fourth-order valence-corrected chi connectivity index (χ4v) is 2.13. The first-order valence-corrected chi connectivity index (χ1v) is 7.36. The Morgan fingerprint density at radius 2 is 1.90 bits per heavy atom. The van der Waals surface area contributed by atoms with Gasteiger partial charge in [0.25, 0.3) is 0 Å². The van der Waals surface area contributed by atoms with Gasteiger partial charge in [-0.1, -0.05) is 0 Å². The summed E-state index contributed by atoms with van der Waals surface area (Å²) in [5.41, 5.74) is 0. The van der Waals surface area contributed by atoms with Crippen LogP contribution in [0, 0.1) is 0 Å². The van der Waals surface area contributed by atoms with E-state index in [1.807, 2.05) is 0 Å². The largest absolute Gasteiger partial charge is 0.480 e. The lowest BCUT2D eigenvalue weighted by atomic mass is 10.2. The molecule has 3 atom stereocenters. The van der Waals surface area contributed by atoms with Gasteiger partial charge in [-0.2, -0.15) is 0 Å². The Balaban J connectivity index is 0.000000388. The Morgan fingerprint density at radius 1 is 1.35 bits per heavy atom. The van der Waals surface area contributed by atoms with Gasteiger partial charge in [-0.3, -0.25) is 9.59 Å². The molecule has 0 amide bonds. The Hall–Kier alpha value is -1.03. The summed E-state index contributed by atoms with van der Waals surface area (Å²) in [4.78, 5) is 37.0. The highest BCUT2D eigenvalue weighted by Gasteiger charge is 2.29. The summed E-state index contributed by atoms with van der Waals surface area (Å²) < 4.78 is 10.3. The van der Waals surface area contributed by atoms with E-state index in [1.165, 1.54) is 5.09 Å². The van der Waals surface area contributed by atoms with Crippen LogP contribution in [-0.2, 0) is 14.2 Å². The number of hydrogen-bond acceptors (Lipinski definition) is 5. The molecule has 0 aromatic rings. The van der Waals surface area contributed by atoms with E-state index in [0.29, 0.717) is 0 Å². The monoisotopic (exact) mass is 314 g/mol. The standard InChI is InChI=1S/C5H9NO2.C4H10NO6P/c7-5(8)4-2-1-3-6-4;1-2(6)3(4(7)8)5-12(9,10)11/h4,6H,1-3H2,(H,7,8);2-3,6H,1H3,(H,7,8)(H3,5,9,10,11)/t4-;2-,3+/m01/s1. The highest BCUT2D eigenvalue weighted by atomic mass is 31.2. The number of aliphatic hydroxyl groups excluding tert-OH is 1. The molecular formula is C9H19N2O8P. The zero-order chi connectivity index (χ0) is 15.9. The van der Waals surface area contributed by atoms with Crippen molar-refractivity contribution in [2.24, 2.45) is 0 Å². The van der Waals surface area contributed by atoms with Crippen LogP contribution in [0.15, 0.2) is 0 Å². The molecular weight excluding hydrogens is 295 g/mol. The molecule has 0 unspecified atom stereocenters. The van der Waals surface area contributed by atoms with Gasteiger partial charge in [0, 0.05) is 0 Å². The van der Waals surface area contributed by atoms with Gasteiger partial charge in [-0.15, -0.1) is 0 Å². The van der Waals surface area contributed by atoms with E-state index in [-0.39, 0.29) is 6.04 Å². The molecule has 7 N–H and O–H groups in total. The van der Waals surface area contributed by atoms with Crippen molar-refractivity contribution in [3.05, 3.63) is 0 Å². The van der Waals surface area contributed by atoms with Crippen LogP contribution in [0.2, 0.25) is 0 Å². The van der Waals surface area contributed by atoms with Crippen molar-refractivity contribution in [3.8, 4) is 0 Å². The highest BCUT2D eigenvalue weighted by molar-refractivity contribution is 7.49. The van der Waals surface area contributed by atoms with Gasteiger partial charge < -0.3 is 30.4 Å². The van der Waals surface area contributed by atoms with E-state index in [1.54, 1.807) is 0 Å². The summed E-state index contributed by atoms with van der Waals surface area (Å²) in [7, 11) is -4.62. The van der Waals surface area contributed by atoms with Crippen molar-refractivity contribution in [1.29, 1.82) is 0 Å². The maximum Gasteiger partial charge on any atom is 0.401 e. The molecule has 0 radical (unpaired) electrons. The number of carboxylic acid groups (broad SMARTS) is 2. The van der Waals surface area contributed by atoms with Gasteiger partial charge in [0.1, 0.15) is 12.1 Å². The third kappa shape index (κ3) is 8.20. The van der Waals surface area contributed by atoms with E-state index in [0.717, 1.165) is 26.3 Å².